The summed E-state index contributed by atoms with van der Waals surface area (Å²) in [5, 5.41) is 7.14. The number of rotatable bonds is 8. The van der Waals surface area contributed by atoms with Gasteiger partial charge in [0.15, 0.2) is 15.8 Å². The van der Waals surface area contributed by atoms with E-state index in [4.69, 9.17) is 0 Å². The van der Waals surface area contributed by atoms with Crippen LogP contribution < -0.4 is 10.6 Å². The molecule has 2 aromatic rings. The number of hydrogen-bond acceptors (Lipinski definition) is 3. The molecule has 3 N–H and O–H groups in total. The second kappa shape index (κ2) is 8.84. The number of hydrogen-bond donors (Lipinski definition) is 3. The number of fused-ring (bicyclic) bond motifs is 1. The molecule has 25 heavy (non-hydrogen) atoms. The summed E-state index contributed by atoms with van der Waals surface area (Å²) in [5.41, 5.74) is 1.92. The molecule has 0 bridgehead atoms. The van der Waals surface area contributed by atoms with Crippen LogP contribution in [0.25, 0.3) is 10.9 Å². The third-order valence-electron chi connectivity index (χ3n) is 3.87. The molecule has 0 aliphatic rings. The van der Waals surface area contributed by atoms with Crippen molar-refractivity contribution in [3.8, 4) is 0 Å². The second-order valence-electron chi connectivity index (χ2n) is 5.68. The summed E-state index contributed by atoms with van der Waals surface area (Å²) in [4.78, 5) is 7.42. The lowest BCUT2D eigenvalue weighted by Crippen LogP contribution is -2.38. The minimum atomic E-state index is -3.02. The Morgan fingerprint density at radius 3 is 2.80 bits per heavy atom. The zero-order valence-electron chi connectivity index (χ0n) is 14.6. The molecule has 8 heteroatoms. The van der Waals surface area contributed by atoms with E-state index in [0.717, 1.165) is 16.5 Å². The molecule has 0 saturated heterocycles. The van der Waals surface area contributed by atoms with E-state index in [0.29, 0.717) is 25.5 Å². The van der Waals surface area contributed by atoms with Gasteiger partial charge in [-0.1, -0.05) is 6.92 Å². The van der Waals surface area contributed by atoms with Gasteiger partial charge in [-0.15, -0.1) is 0 Å². The molecule has 0 amide bonds. The Labute approximate surface area is 147 Å². The van der Waals surface area contributed by atoms with E-state index in [1.54, 1.807) is 13.0 Å². The summed E-state index contributed by atoms with van der Waals surface area (Å²) < 4.78 is 36.4. The molecule has 0 aliphatic carbocycles. The Hall–Kier alpha value is -2.09. The maximum absolute atomic E-state index is 13.4. The molecule has 138 valence electrons. The van der Waals surface area contributed by atoms with Gasteiger partial charge in [-0.3, -0.25) is 4.99 Å². The SMILES string of the molecule is CCNC(=NCCS(=O)(=O)CC)NCCc1c[nH]c2ccc(F)cc12. The van der Waals surface area contributed by atoms with Crippen molar-refractivity contribution in [3.05, 3.63) is 35.8 Å². The van der Waals surface area contributed by atoms with Crippen LogP contribution in [0.3, 0.4) is 0 Å². The lowest BCUT2D eigenvalue weighted by molar-refractivity contribution is 0.597. The van der Waals surface area contributed by atoms with Gasteiger partial charge >= 0.3 is 0 Å². The molecule has 0 spiro atoms. The summed E-state index contributed by atoms with van der Waals surface area (Å²) in [6.45, 7) is 5.10. The van der Waals surface area contributed by atoms with Crippen LogP contribution in [0.5, 0.6) is 0 Å². The Kier molecular flexibility index (Phi) is 6.81. The maximum atomic E-state index is 13.4. The minimum absolute atomic E-state index is 0.0435. The van der Waals surface area contributed by atoms with E-state index >= 15 is 0 Å². The third kappa shape index (κ3) is 5.74. The molecule has 0 atom stereocenters. The molecular formula is C17H25FN4O2S. The quantitative estimate of drug-likeness (QED) is 0.490. The average Bonchev–Trinajstić information content (AvgIpc) is 2.97. The molecule has 0 radical (unpaired) electrons. The number of guanidine groups is 1. The summed E-state index contributed by atoms with van der Waals surface area (Å²) >= 11 is 0. The summed E-state index contributed by atoms with van der Waals surface area (Å²) in [6, 6.07) is 4.68. The molecule has 6 nitrogen and oxygen atoms in total. The monoisotopic (exact) mass is 368 g/mol. The molecule has 0 saturated carbocycles. The van der Waals surface area contributed by atoms with Crippen LogP contribution in [0.15, 0.2) is 29.4 Å². The van der Waals surface area contributed by atoms with Crippen LogP contribution in [-0.4, -0.2) is 50.5 Å². The zero-order chi connectivity index (χ0) is 18.3. The van der Waals surface area contributed by atoms with Crippen LogP contribution >= 0.6 is 0 Å². The van der Waals surface area contributed by atoms with Crippen LogP contribution in [0.1, 0.15) is 19.4 Å². The van der Waals surface area contributed by atoms with Gasteiger partial charge in [-0.05, 0) is 37.1 Å². The first kappa shape index (κ1) is 19.2. The van der Waals surface area contributed by atoms with Crippen LogP contribution in [0.4, 0.5) is 4.39 Å². The molecule has 0 aliphatic heterocycles. The van der Waals surface area contributed by atoms with Crippen LogP contribution in [0.2, 0.25) is 0 Å². The standard InChI is InChI=1S/C17H25FN4O2S/c1-3-19-17(21-9-10-25(23,24)4-2)20-8-7-13-12-22-16-6-5-14(18)11-15(13)16/h5-6,11-12,22H,3-4,7-10H2,1-2H3,(H2,19,20,21). The van der Waals surface area contributed by atoms with E-state index in [1.165, 1.54) is 12.1 Å². The topological polar surface area (TPSA) is 86.3 Å². The highest BCUT2D eigenvalue weighted by atomic mass is 32.2. The van der Waals surface area contributed by atoms with E-state index in [1.807, 2.05) is 13.1 Å². The normalized spacial score (nSPS) is 12.5. The van der Waals surface area contributed by atoms with Crippen LogP contribution in [-0.2, 0) is 16.3 Å². The van der Waals surface area contributed by atoms with Crippen molar-refractivity contribution < 1.29 is 12.8 Å². The first-order chi connectivity index (χ1) is 11.9. The Morgan fingerprint density at radius 2 is 2.08 bits per heavy atom. The first-order valence-corrected chi connectivity index (χ1v) is 10.3. The fraction of sp³-hybridized carbons (Fsp3) is 0.471. The third-order valence-corrected chi connectivity index (χ3v) is 5.56. The van der Waals surface area contributed by atoms with Gasteiger partial charge in [0, 0.05) is 35.9 Å². The second-order valence-corrected chi connectivity index (χ2v) is 8.15. The number of H-pyrrole nitrogens is 1. The van der Waals surface area contributed by atoms with Gasteiger partial charge in [-0.25, -0.2) is 12.8 Å². The number of aromatic nitrogens is 1. The Morgan fingerprint density at radius 1 is 1.28 bits per heavy atom. The van der Waals surface area contributed by atoms with Crippen LogP contribution in [0, 0.1) is 5.82 Å². The highest BCUT2D eigenvalue weighted by molar-refractivity contribution is 7.91. The van der Waals surface area contributed by atoms with E-state index in [9.17, 15) is 12.8 Å². The first-order valence-electron chi connectivity index (χ1n) is 8.43. The molecule has 0 fully saturated rings. The fourth-order valence-corrected chi connectivity index (χ4v) is 3.11. The van der Waals surface area contributed by atoms with E-state index < -0.39 is 9.84 Å². The maximum Gasteiger partial charge on any atom is 0.191 e. The number of halogens is 1. The van der Waals surface area contributed by atoms with Crippen molar-refractivity contribution in [3.63, 3.8) is 0 Å². The van der Waals surface area contributed by atoms with Crippen molar-refractivity contribution >= 4 is 26.7 Å². The lowest BCUT2D eigenvalue weighted by Gasteiger charge is -2.11. The van der Waals surface area contributed by atoms with E-state index in [-0.39, 0.29) is 23.9 Å². The number of benzene rings is 1. The molecule has 0 unspecified atom stereocenters. The highest BCUT2D eigenvalue weighted by Gasteiger charge is 2.07. The molecule has 2 rings (SSSR count). The molecular weight excluding hydrogens is 343 g/mol. The smallest absolute Gasteiger partial charge is 0.191 e. The van der Waals surface area contributed by atoms with E-state index in [2.05, 4.69) is 20.6 Å². The summed E-state index contributed by atoms with van der Waals surface area (Å²) in [5.74, 6) is 0.499. The highest BCUT2D eigenvalue weighted by Crippen LogP contribution is 2.19. The number of nitrogens with one attached hydrogen (secondary N) is 3. The minimum Gasteiger partial charge on any atom is -0.361 e. The average molecular weight is 368 g/mol. The van der Waals surface area contributed by atoms with Gasteiger partial charge in [-0.2, -0.15) is 0 Å². The van der Waals surface area contributed by atoms with Crippen molar-refractivity contribution in [1.29, 1.82) is 0 Å². The zero-order valence-corrected chi connectivity index (χ0v) is 15.4. The molecule has 1 heterocycles. The fourth-order valence-electron chi connectivity index (χ4n) is 2.46. The predicted octanol–water partition coefficient (Wildman–Crippen LogP) is 1.84. The van der Waals surface area contributed by atoms with Crippen molar-refractivity contribution in [2.24, 2.45) is 4.99 Å². The van der Waals surface area contributed by atoms with Crippen molar-refractivity contribution in [2.45, 2.75) is 20.3 Å². The molecule has 1 aromatic heterocycles. The largest absolute Gasteiger partial charge is 0.361 e. The number of sulfone groups is 1. The Bertz CT molecular complexity index is 830. The number of aliphatic imine (C=N–C) groups is 1. The van der Waals surface area contributed by atoms with Crippen molar-refractivity contribution in [2.75, 3.05) is 31.1 Å². The van der Waals surface area contributed by atoms with Gasteiger partial charge in [0.2, 0.25) is 0 Å². The van der Waals surface area contributed by atoms with Crippen molar-refractivity contribution in [1.82, 2.24) is 15.6 Å². The van der Waals surface area contributed by atoms with Gasteiger partial charge in [0.1, 0.15) is 5.82 Å². The predicted molar refractivity (Wildman–Crippen MR) is 100 cm³/mol. The Balaban J connectivity index is 1.93. The summed E-state index contributed by atoms with van der Waals surface area (Å²) in [6.07, 6.45) is 2.57. The summed E-state index contributed by atoms with van der Waals surface area (Å²) in [7, 11) is -3.02. The van der Waals surface area contributed by atoms with Gasteiger partial charge < -0.3 is 15.6 Å². The van der Waals surface area contributed by atoms with Gasteiger partial charge in [0.05, 0.1) is 12.3 Å². The lowest BCUT2D eigenvalue weighted by atomic mass is 10.1. The number of aromatic amines is 1. The number of nitrogens with zero attached hydrogens (tertiary/aromatic N) is 1. The molecule has 1 aromatic carbocycles. The van der Waals surface area contributed by atoms with Gasteiger partial charge in [0.25, 0.3) is 0 Å².